The summed E-state index contributed by atoms with van der Waals surface area (Å²) in [5.41, 5.74) is 1.61. The Morgan fingerprint density at radius 3 is 2.74 bits per heavy atom. The maximum absolute atomic E-state index is 11.8. The van der Waals surface area contributed by atoms with Crippen molar-refractivity contribution < 1.29 is 9.53 Å². The number of alkyl halides is 1. The maximum atomic E-state index is 11.8. The molecule has 0 N–H and O–H groups in total. The van der Waals surface area contributed by atoms with Crippen molar-refractivity contribution in [2.24, 2.45) is 0 Å². The van der Waals surface area contributed by atoms with Gasteiger partial charge in [-0.3, -0.25) is 0 Å². The molecule has 3 heteroatoms. The third-order valence-electron chi connectivity index (χ3n) is 3.40. The summed E-state index contributed by atoms with van der Waals surface area (Å²) in [4.78, 5) is 11.8. The smallest absolute Gasteiger partial charge is 0.335 e. The number of cyclic esters (lactones) is 1. The highest BCUT2D eigenvalue weighted by Gasteiger charge is 2.24. The predicted molar refractivity (Wildman–Crippen MR) is 76.2 cm³/mol. The van der Waals surface area contributed by atoms with Crippen LogP contribution in [-0.2, 0) is 9.53 Å². The molecule has 0 aromatic heterocycles. The lowest BCUT2D eigenvalue weighted by atomic mass is 9.96. The standard InChI is InChI=1S/C16H13ClO2/c17-10-12-8-9-15(19-16(12)18)14-7-3-5-11-4-1-2-6-13(11)14/h1-8,15H,9-10H2. The molecule has 19 heavy (non-hydrogen) atoms. The normalized spacial score (nSPS) is 19.1. The summed E-state index contributed by atoms with van der Waals surface area (Å²) in [6.07, 6.45) is 2.35. The van der Waals surface area contributed by atoms with Crippen molar-refractivity contribution in [2.75, 3.05) is 5.88 Å². The molecule has 0 radical (unpaired) electrons. The lowest BCUT2D eigenvalue weighted by molar-refractivity contribution is -0.145. The number of ether oxygens (including phenoxy) is 1. The highest BCUT2D eigenvalue weighted by atomic mass is 35.5. The van der Waals surface area contributed by atoms with E-state index in [4.69, 9.17) is 16.3 Å². The number of hydrogen-bond donors (Lipinski definition) is 0. The van der Waals surface area contributed by atoms with Crippen LogP contribution < -0.4 is 0 Å². The van der Waals surface area contributed by atoms with Gasteiger partial charge in [-0.15, -0.1) is 11.6 Å². The first kappa shape index (κ1) is 12.2. The Kier molecular flexibility index (Phi) is 3.26. The van der Waals surface area contributed by atoms with Gasteiger partial charge in [-0.25, -0.2) is 4.79 Å². The molecule has 0 saturated carbocycles. The summed E-state index contributed by atoms with van der Waals surface area (Å²) >= 11 is 5.69. The Balaban J connectivity index is 2.02. The highest BCUT2D eigenvalue weighted by molar-refractivity contribution is 6.22. The number of rotatable bonds is 2. The summed E-state index contributed by atoms with van der Waals surface area (Å²) < 4.78 is 5.49. The number of carbonyl (C=O) groups is 1. The molecule has 1 aliphatic heterocycles. The van der Waals surface area contributed by atoms with Crippen LogP contribution in [0, 0.1) is 0 Å². The van der Waals surface area contributed by atoms with Crippen molar-refractivity contribution in [3.63, 3.8) is 0 Å². The van der Waals surface area contributed by atoms with Gasteiger partial charge >= 0.3 is 5.97 Å². The van der Waals surface area contributed by atoms with Crippen LogP contribution >= 0.6 is 11.6 Å². The number of fused-ring (bicyclic) bond motifs is 1. The molecule has 0 spiro atoms. The Hall–Kier alpha value is -1.80. The minimum absolute atomic E-state index is 0.209. The molecule has 0 bridgehead atoms. The third-order valence-corrected chi connectivity index (χ3v) is 3.69. The minimum Gasteiger partial charge on any atom is -0.454 e. The third kappa shape index (κ3) is 2.24. The van der Waals surface area contributed by atoms with E-state index in [-0.39, 0.29) is 18.0 Å². The number of hydrogen-bond acceptors (Lipinski definition) is 2. The molecular formula is C16H13ClO2. The maximum Gasteiger partial charge on any atom is 0.335 e. The minimum atomic E-state index is -0.306. The molecule has 0 saturated heterocycles. The largest absolute Gasteiger partial charge is 0.454 e. The molecule has 1 unspecified atom stereocenters. The summed E-state index contributed by atoms with van der Waals surface area (Å²) in [5, 5.41) is 2.29. The van der Waals surface area contributed by atoms with Crippen LogP contribution in [0.25, 0.3) is 10.8 Å². The molecule has 96 valence electrons. The molecule has 0 amide bonds. The molecule has 2 aromatic carbocycles. The Morgan fingerprint density at radius 1 is 1.16 bits per heavy atom. The Morgan fingerprint density at radius 2 is 1.95 bits per heavy atom. The second-order valence-corrected chi connectivity index (χ2v) is 4.83. The summed E-state index contributed by atoms with van der Waals surface area (Å²) in [5.74, 6) is -0.0969. The van der Waals surface area contributed by atoms with Crippen LogP contribution in [0.15, 0.2) is 54.1 Å². The van der Waals surface area contributed by atoms with E-state index in [0.29, 0.717) is 12.0 Å². The van der Waals surface area contributed by atoms with Crippen LogP contribution in [0.5, 0.6) is 0 Å². The summed E-state index contributed by atoms with van der Waals surface area (Å²) in [6, 6.07) is 14.2. The number of esters is 1. The van der Waals surface area contributed by atoms with E-state index in [1.54, 1.807) is 0 Å². The van der Waals surface area contributed by atoms with Gasteiger partial charge in [0.1, 0.15) is 6.10 Å². The first-order chi connectivity index (χ1) is 9.29. The number of halogens is 1. The van der Waals surface area contributed by atoms with Crippen LogP contribution in [0.3, 0.4) is 0 Å². The van der Waals surface area contributed by atoms with Gasteiger partial charge in [0.15, 0.2) is 0 Å². The van der Waals surface area contributed by atoms with Gasteiger partial charge in [-0.1, -0.05) is 48.5 Å². The van der Waals surface area contributed by atoms with Gasteiger partial charge < -0.3 is 4.74 Å². The quantitative estimate of drug-likeness (QED) is 0.610. The summed E-state index contributed by atoms with van der Waals surface area (Å²) in [6.45, 7) is 0. The zero-order valence-corrected chi connectivity index (χ0v) is 11.1. The van der Waals surface area contributed by atoms with Crippen molar-refractivity contribution >= 4 is 28.3 Å². The molecule has 2 nitrogen and oxygen atoms in total. The zero-order valence-electron chi connectivity index (χ0n) is 10.3. The van der Waals surface area contributed by atoms with Gasteiger partial charge in [0.05, 0.1) is 5.88 Å². The summed E-state index contributed by atoms with van der Waals surface area (Å²) in [7, 11) is 0. The first-order valence-corrected chi connectivity index (χ1v) is 6.76. The van der Waals surface area contributed by atoms with E-state index in [1.165, 1.54) is 0 Å². The van der Waals surface area contributed by atoms with Gasteiger partial charge in [0, 0.05) is 17.6 Å². The second kappa shape index (κ2) is 5.06. The molecule has 1 heterocycles. The van der Waals surface area contributed by atoms with Crippen molar-refractivity contribution in [2.45, 2.75) is 12.5 Å². The average molecular weight is 273 g/mol. The molecule has 1 atom stereocenters. The predicted octanol–water partition coefficient (Wildman–Crippen LogP) is 3.99. The molecule has 1 aliphatic rings. The van der Waals surface area contributed by atoms with Crippen molar-refractivity contribution in [3.8, 4) is 0 Å². The van der Waals surface area contributed by atoms with Crippen LogP contribution in [0.2, 0.25) is 0 Å². The van der Waals surface area contributed by atoms with E-state index in [9.17, 15) is 4.79 Å². The number of carbonyl (C=O) groups excluding carboxylic acids is 1. The van der Waals surface area contributed by atoms with Crippen LogP contribution in [0.1, 0.15) is 18.1 Å². The van der Waals surface area contributed by atoms with Gasteiger partial charge in [0.2, 0.25) is 0 Å². The molecule has 0 fully saturated rings. The monoisotopic (exact) mass is 272 g/mol. The second-order valence-electron chi connectivity index (χ2n) is 4.56. The molecule has 3 rings (SSSR count). The molecule has 2 aromatic rings. The Bertz CT molecular complexity index is 655. The fourth-order valence-corrected chi connectivity index (χ4v) is 2.63. The number of benzene rings is 2. The van der Waals surface area contributed by atoms with Gasteiger partial charge in [-0.05, 0) is 10.8 Å². The van der Waals surface area contributed by atoms with Gasteiger partial charge in [-0.2, -0.15) is 0 Å². The van der Waals surface area contributed by atoms with Crippen molar-refractivity contribution in [3.05, 3.63) is 59.7 Å². The van der Waals surface area contributed by atoms with E-state index in [0.717, 1.165) is 16.3 Å². The zero-order chi connectivity index (χ0) is 13.2. The lowest BCUT2D eigenvalue weighted by Gasteiger charge is -2.23. The van der Waals surface area contributed by atoms with Crippen molar-refractivity contribution in [1.82, 2.24) is 0 Å². The highest BCUT2D eigenvalue weighted by Crippen LogP contribution is 2.32. The fourth-order valence-electron chi connectivity index (χ4n) is 2.42. The van der Waals surface area contributed by atoms with E-state index in [2.05, 4.69) is 18.2 Å². The van der Waals surface area contributed by atoms with E-state index < -0.39 is 0 Å². The topological polar surface area (TPSA) is 26.3 Å². The van der Waals surface area contributed by atoms with Crippen molar-refractivity contribution in [1.29, 1.82) is 0 Å². The van der Waals surface area contributed by atoms with E-state index >= 15 is 0 Å². The van der Waals surface area contributed by atoms with Crippen LogP contribution in [-0.4, -0.2) is 11.8 Å². The van der Waals surface area contributed by atoms with Crippen LogP contribution in [0.4, 0.5) is 0 Å². The SMILES string of the molecule is O=C1OC(c2cccc3ccccc23)CC=C1CCl. The Labute approximate surface area is 116 Å². The molecular weight excluding hydrogens is 260 g/mol. The molecule has 0 aliphatic carbocycles. The lowest BCUT2D eigenvalue weighted by Crippen LogP contribution is -2.18. The first-order valence-electron chi connectivity index (χ1n) is 6.23. The fraction of sp³-hybridized carbons (Fsp3) is 0.188. The van der Waals surface area contributed by atoms with Gasteiger partial charge in [0.25, 0.3) is 0 Å². The average Bonchev–Trinajstić information content (AvgIpc) is 2.46. The van der Waals surface area contributed by atoms with E-state index in [1.807, 2.05) is 30.3 Å².